The van der Waals surface area contributed by atoms with E-state index in [0.717, 1.165) is 22.3 Å². The molecule has 0 fully saturated rings. The average Bonchev–Trinajstić information content (AvgIpc) is 3.12. The van der Waals surface area contributed by atoms with Crippen LogP contribution in [-0.2, 0) is 11.3 Å². The second-order valence-corrected chi connectivity index (χ2v) is 7.25. The first-order chi connectivity index (χ1) is 16.0. The highest BCUT2D eigenvalue weighted by Crippen LogP contribution is 2.29. The summed E-state index contributed by atoms with van der Waals surface area (Å²) in [6.45, 7) is 0.307. The van der Waals surface area contributed by atoms with Crippen molar-refractivity contribution < 1.29 is 19.1 Å². The minimum atomic E-state index is -1.13. The zero-order valence-electron chi connectivity index (χ0n) is 17.9. The zero-order valence-corrected chi connectivity index (χ0v) is 17.9. The lowest BCUT2D eigenvalue weighted by molar-refractivity contribution is 0.210. The van der Waals surface area contributed by atoms with Crippen LogP contribution in [0.3, 0.4) is 0 Å². The highest BCUT2D eigenvalue weighted by molar-refractivity contribution is 5.91. The third-order valence-corrected chi connectivity index (χ3v) is 5.06. The van der Waals surface area contributed by atoms with Crippen LogP contribution in [0.2, 0.25) is 0 Å². The first-order valence-electron chi connectivity index (χ1n) is 10.2. The fourth-order valence-corrected chi connectivity index (χ4v) is 3.55. The van der Waals surface area contributed by atoms with E-state index in [4.69, 9.17) is 9.15 Å². The summed E-state index contributed by atoms with van der Waals surface area (Å²) >= 11 is 0. The number of fused-ring (bicyclic) bond motifs is 1. The maximum absolute atomic E-state index is 12.3. The van der Waals surface area contributed by atoms with Crippen molar-refractivity contribution in [2.75, 3.05) is 12.4 Å². The number of ether oxygens (including phenoxy) is 1. The molecule has 1 aromatic heterocycles. The van der Waals surface area contributed by atoms with Crippen molar-refractivity contribution in [2.45, 2.75) is 6.54 Å². The maximum atomic E-state index is 12.3. The van der Waals surface area contributed by atoms with E-state index in [0.29, 0.717) is 23.3 Å². The summed E-state index contributed by atoms with van der Waals surface area (Å²) in [6, 6.07) is 20.6. The number of hydrogen-bond donors (Lipinski definition) is 2. The van der Waals surface area contributed by atoms with Crippen molar-refractivity contribution >= 4 is 35.0 Å². The molecule has 166 valence electrons. The maximum Gasteiger partial charge on any atom is 0.420 e. The Balaban J connectivity index is 1.59. The van der Waals surface area contributed by atoms with Crippen molar-refractivity contribution in [3.05, 3.63) is 101 Å². The van der Waals surface area contributed by atoms with Crippen molar-refractivity contribution in [2.24, 2.45) is 0 Å². The van der Waals surface area contributed by atoms with Gasteiger partial charge in [-0.3, -0.25) is 9.88 Å². The molecular weight excluding hydrogens is 420 g/mol. The van der Waals surface area contributed by atoms with Crippen molar-refractivity contribution in [3.63, 3.8) is 0 Å². The highest BCUT2D eigenvalue weighted by Gasteiger charge is 2.10. The van der Waals surface area contributed by atoms with Gasteiger partial charge in [-0.05, 0) is 41.0 Å². The number of nitrogens with one attached hydrogen (secondary N) is 1. The Morgan fingerprint density at radius 3 is 2.58 bits per heavy atom. The number of amides is 1. The van der Waals surface area contributed by atoms with Gasteiger partial charge in [0.1, 0.15) is 0 Å². The summed E-state index contributed by atoms with van der Waals surface area (Å²) in [5.41, 5.74) is 5.01. The Labute approximate surface area is 189 Å². The Hall–Kier alpha value is -4.52. The number of benzene rings is 3. The molecule has 0 saturated carbocycles. The number of allylic oxidation sites excluding steroid dienone is 1. The van der Waals surface area contributed by atoms with Gasteiger partial charge >= 0.3 is 11.8 Å². The van der Waals surface area contributed by atoms with E-state index in [1.807, 2.05) is 66.7 Å². The van der Waals surface area contributed by atoms with Gasteiger partial charge < -0.3 is 14.3 Å². The summed E-state index contributed by atoms with van der Waals surface area (Å²) in [4.78, 5) is 23.6. The van der Waals surface area contributed by atoms with E-state index < -0.39 is 11.8 Å². The molecule has 3 aromatic carbocycles. The number of anilines is 1. The molecule has 7 nitrogen and oxygen atoms in total. The molecule has 0 aliphatic rings. The largest absolute Gasteiger partial charge is 0.504 e. The van der Waals surface area contributed by atoms with Crippen LogP contribution in [0.15, 0.2) is 88.3 Å². The number of methoxy groups -OCH3 is 1. The summed E-state index contributed by atoms with van der Waals surface area (Å²) in [5.74, 6) is -0.449. The summed E-state index contributed by atoms with van der Waals surface area (Å²) in [5, 5.41) is 11.7. The Morgan fingerprint density at radius 1 is 1.06 bits per heavy atom. The number of oxazole rings is 1. The van der Waals surface area contributed by atoms with Crippen LogP contribution in [0.1, 0.15) is 11.1 Å². The topological polar surface area (TPSA) is 93.7 Å². The normalized spacial score (nSPS) is 11.4. The summed E-state index contributed by atoms with van der Waals surface area (Å²) in [6.07, 6.45) is 5.86. The highest BCUT2D eigenvalue weighted by atomic mass is 16.5. The number of carboxylic acid groups (broad SMARTS) is 1. The van der Waals surface area contributed by atoms with E-state index in [-0.39, 0.29) is 0 Å². The van der Waals surface area contributed by atoms with Crippen LogP contribution in [0, 0.1) is 0 Å². The third kappa shape index (κ3) is 5.04. The fraction of sp³-hybridized carbons (Fsp3) is 0.0769. The van der Waals surface area contributed by atoms with E-state index in [1.165, 1.54) is 4.57 Å². The second-order valence-electron chi connectivity index (χ2n) is 7.25. The molecule has 0 aliphatic heterocycles. The van der Waals surface area contributed by atoms with Crippen molar-refractivity contribution in [1.82, 2.24) is 4.57 Å². The van der Waals surface area contributed by atoms with Gasteiger partial charge in [-0.15, -0.1) is 0 Å². The SMILES string of the molecule is CO/C=C/c1ccc2c(c1)oc(=O)n2C/C=C/c1ccc(-c2ccccc2)c(NC(=O)O)c1. The van der Waals surface area contributed by atoms with Crippen LogP contribution in [0.5, 0.6) is 0 Å². The minimum absolute atomic E-state index is 0.307. The van der Waals surface area contributed by atoms with Gasteiger partial charge in [0.15, 0.2) is 5.58 Å². The molecular formula is C26H22N2O5. The predicted octanol–water partition coefficient (Wildman–Crippen LogP) is 5.68. The van der Waals surface area contributed by atoms with Gasteiger partial charge in [0, 0.05) is 12.1 Å². The quantitative estimate of drug-likeness (QED) is 0.359. The average molecular weight is 442 g/mol. The van der Waals surface area contributed by atoms with Gasteiger partial charge in [-0.2, -0.15) is 0 Å². The fourth-order valence-electron chi connectivity index (χ4n) is 3.55. The molecule has 7 heteroatoms. The van der Waals surface area contributed by atoms with Crippen molar-refractivity contribution in [1.29, 1.82) is 0 Å². The number of carbonyl (C=O) groups is 1. The third-order valence-electron chi connectivity index (χ3n) is 5.06. The molecule has 2 N–H and O–H groups in total. The monoisotopic (exact) mass is 442 g/mol. The predicted molar refractivity (Wildman–Crippen MR) is 129 cm³/mol. The first kappa shape index (κ1) is 21.7. The van der Waals surface area contributed by atoms with Gasteiger partial charge in [-0.1, -0.05) is 60.7 Å². The molecule has 4 rings (SSSR count). The number of aromatic nitrogens is 1. The number of nitrogens with zero attached hydrogens (tertiary/aromatic N) is 1. The van der Waals surface area contributed by atoms with E-state index in [9.17, 15) is 14.7 Å². The molecule has 33 heavy (non-hydrogen) atoms. The van der Waals surface area contributed by atoms with Crippen molar-refractivity contribution in [3.8, 4) is 11.1 Å². The van der Waals surface area contributed by atoms with Crippen LogP contribution in [-0.4, -0.2) is 22.9 Å². The van der Waals surface area contributed by atoms with E-state index >= 15 is 0 Å². The van der Waals surface area contributed by atoms with Crippen LogP contribution >= 0.6 is 0 Å². The zero-order chi connectivity index (χ0) is 23.2. The first-order valence-corrected chi connectivity index (χ1v) is 10.2. The Kier molecular flexibility index (Phi) is 6.40. The smallest absolute Gasteiger partial charge is 0.420 e. The Morgan fingerprint density at radius 2 is 1.82 bits per heavy atom. The molecule has 0 spiro atoms. The van der Waals surface area contributed by atoms with Gasteiger partial charge in [-0.25, -0.2) is 9.59 Å². The molecule has 0 unspecified atom stereocenters. The van der Waals surface area contributed by atoms with Crippen LogP contribution in [0.25, 0.3) is 34.4 Å². The van der Waals surface area contributed by atoms with Gasteiger partial charge in [0.25, 0.3) is 0 Å². The Bertz CT molecular complexity index is 1400. The van der Waals surface area contributed by atoms with E-state index in [2.05, 4.69) is 5.32 Å². The molecule has 0 bridgehead atoms. The minimum Gasteiger partial charge on any atom is -0.504 e. The molecule has 0 saturated heterocycles. The summed E-state index contributed by atoms with van der Waals surface area (Å²) < 4.78 is 11.8. The second kappa shape index (κ2) is 9.74. The lowest BCUT2D eigenvalue weighted by atomic mass is 10.0. The van der Waals surface area contributed by atoms with Crippen LogP contribution < -0.4 is 11.1 Å². The van der Waals surface area contributed by atoms with E-state index in [1.54, 1.807) is 31.6 Å². The standard InChI is InChI=1S/C26H22N2O5/c1-32-15-13-19-10-12-23-24(17-19)33-26(31)28(23)14-5-6-18-9-11-21(20-7-3-2-4-8-20)22(16-18)27-25(29)30/h2-13,15-17,27H,14H2,1H3,(H,29,30)/b6-5+,15-13+. The number of rotatable bonds is 7. The van der Waals surface area contributed by atoms with Crippen LogP contribution in [0.4, 0.5) is 10.5 Å². The summed E-state index contributed by atoms with van der Waals surface area (Å²) in [7, 11) is 1.56. The molecule has 4 aromatic rings. The lowest BCUT2D eigenvalue weighted by Gasteiger charge is -2.10. The lowest BCUT2D eigenvalue weighted by Crippen LogP contribution is -2.12. The molecule has 1 amide bonds. The number of hydrogen-bond acceptors (Lipinski definition) is 4. The molecule has 0 atom stereocenters. The van der Waals surface area contributed by atoms with Gasteiger partial charge in [0.2, 0.25) is 0 Å². The molecule has 0 aliphatic carbocycles. The molecule has 1 heterocycles. The molecule has 0 radical (unpaired) electrons. The van der Waals surface area contributed by atoms with Gasteiger partial charge in [0.05, 0.1) is 24.6 Å².